The van der Waals surface area contributed by atoms with E-state index >= 15 is 0 Å². The van der Waals surface area contributed by atoms with Crippen molar-refractivity contribution in [1.29, 1.82) is 0 Å². The lowest BCUT2D eigenvalue weighted by molar-refractivity contribution is 0.0896. The van der Waals surface area contributed by atoms with E-state index in [-0.39, 0.29) is 23.6 Å². The number of fused-ring (bicyclic) bond motifs is 1. The fourth-order valence-corrected chi connectivity index (χ4v) is 4.18. The summed E-state index contributed by atoms with van der Waals surface area (Å²) in [5, 5.41) is 3.31. The van der Waals surface area contributed by atoms with Crippen LogP contribution in [0, 0.1) is 5.82 Å². The highest BCUT2D eigenvalue weighted by atomic mass is 32.2. The molecule has 2 aromatic rings. The topological polar surface area (TPSA) is 64.6 Å². The van der Waals surface area contributed by atoms with Crippen LogP contribution in [0.1, 0.15) is 24.0 Å². The van der Waals surface area contributed by atoms with E-state index in [9.17, 15) is 12.8 Å². The van der Waals surface area contributed by atoms with Crippen LogP contribution in [0.4, 0.5) is 4.39 Å². The van der Waals surface area contributed by atoms with Gasteiger partial charge < -0.3 is 14.8 Å². The number of nitrogens with one attached hydrogen (secondary N) is 1. The average Bonchev–Trinajstić information content (AvgIpc) is 2.60. The van der Waals surface area contributed by atoms with E-state index in [1.807, 2.05) is 31.2 Å². The molecule has 5 nitrogen and oxygen atoms in total. The number of benzene rings is 2. The first-order valence-electron chi connectivity index (χ1n) is 8.86. The molecule has 0 spiro atoms. The molecule has 0 aliphatic carbocycles. The van der Waals surface area contributed by atoms with Gasteiger partial charge in [-0.05, 0) is 29.2 Å². The SMILES string of the molecule is C[C@@H](CS(C)(=O)=O)c1ccc(CNCC2COc3ccc(F)cc3O2)cc1. The van der Waals surface area contributed by atoms with E-state index in [0.717, 1.165) is 11.1 Å². The molecule has 0 radical (unpaired) electrons. The Bertz CT molecular complexity index is 883. The maximum absolute atomic E-state index is 13.3. The van der Waals surface area contributed by atoms with E-state index < -0.39 is 9.84 Å². The van der Waals surface area contributed by atoms with Crippen LogP contribution >= 0.6 is 0 Å². The molecule has 1 N–H and O–H groups in total. The molecule has 2 atom stereocenters. The monoisotopic (exact) mass is 393 g/mol. The van der Waals surface area contributed by atoms with E-state index in [1.54, 1.807) is 6.07 Å². The lowest BCUT2D eigenvalue weighted by Crippen LogP contribution is -2.38. The third-order valence-corrected chi connectivity index (χ3v) is 5.53. The van der Waals surface area contributed by atoms with Gasteiger partial charge in [-0.2, -0.15) is 0 Å². The van der Waals surface area contributed by atoms with Crippen LogP contribution in [0.3, 0.4) is 0 Å². The first-order valence-corrected chi connectivity index (χ1v) is 10.9. The summed E-state index contributed by atoms with van der Waals surface area (Å²) in [6, 6.07) is 12.2. The minimum absolute atomic E-state index is 0.0322. The number of halogens is 1. The molecule has 0 saturated heterocycles. The molecule has 7 heteroatoms. The molecule has 1 unspecified atom stereocenters. The van der Waals surface area contributed by atoms with E-state index in [0.29, 0.717) is 31.2 Å². The van der Waals surface area contributed by atoms with Crippen LogP contribution in [0.15, 0.2) is 42.5 Å². The fraction of sp³-hybridized carbons (Fsp3) is 0.400. The van der Waals surface area contributed by atoms with Crippen LogP contribution in [-0.4, -0.2) is 39.7 Å². The van der Waals surface area contributed by atoms with Crippen molar-refractivity contribution >= 4 is 9.84 Å². The molecular weight excluding hydrogens is 369 g/mol. The second-order valence-electron chi connectivity index (χ2n) is 7.01. The van der Waals surface area contributed by atoms with Crippen molar-refractivity contribution in [2.75, 3.05) is 25.2 Å². The van der Waals surface area contributed by atoms with Crippen LogP contribution < -0.4 is 14.8 Å². The quantitative estimate of drug-likeness (QED) is 0.784. The standard InChI is InChI=1S/C20H24FNO4S/c1-14(13-27(2,23)24)16-5-3-15(4-6-16)10-22-11-18-12-25-19-8-7-17(21)9-20(19)26-18/h3-9,14,18,22H,10-13H2,1-2H3/t14-,18?/m0/s1. The Morgan fingerprint density at radius 3 is 2.63 bits per heavy atom. The Hall–Kier alpha value is -2.12. The number of rotatable bonds is 7. The molecule has 1 aliphatic heterocycles. The van der Waals surface area contributed by atoms with Crippen molar-refractivity contribution < 1.29 is 22.3 Å². The molecule has 3 rings (SSSR count). The van der Waals surface area contributed by atoms with Crippen molar-refractivity contribution in [2.24, 2.45) is 0 Å². The van der Waals surface area contributed by atoms with E-state index in [2.05, 4.69) is 5.32 Å². The van der Waals surface area contributed by atoms with Crippen molar-refractivity contribution in [3.05, 3.63) is 59.4 Å². The molecule has 0 fully saturated rings. The molecule has 0 aromatic heterocycles. The predicted molar refractivity (Wildman–Crippen MR) is 103 cm³/mol. The summed E-state index contributed by atoms with van der Waals surface area (Å²) in [4.78, 5) is 0. The van der Waals surface area contributed by atoms with Gasteiger partial charge in [0, 0.05) is 25.4 Å². The van der Waals surface area contributed by atoms with Crippen LogP contribution in [0.25, 0.3) is 0 Å². The van der Waals surface area contributed by atoms with E-state index in [1.165, 1.54) is 18.4 Å². The third kappa shape index (κ3) is 5.68. The molecule has 1 aliphatic rings. The van der Waals surface area contributed by atoms with Gasteiger partial charge >= 0.3 is 0 Å². The highest BCUT2D eigenvalue weighted by Gasteiger charge is 2.21. The number of hydrogen-bond acceptors (Lipinski definition) is 5. The maximum Gasteiger partial charge on any atom is 0.164 e. The Balaban J connectivity index is 1.48. The Labute approximate surface area is 159 Å². The zero-order valence-electron chi connectivity index (χ0n) is 15.4. The normalized spacial score (nSPS) is 17.5. The maximum atomic E-state index is 13.3. The van der Waals surface area contributed by atoms with Gasteiger partial charge in [0.25, 0.3) is 0 Å². The lowest BCUT2D eigenvalue weighted by Gasteiger charge is -2.26. The molecule has 2 aromatic carbocycles. The number of sulfone groups is 1. The van der Waals surface area contributed by atoms with Gasteiger partial charge in [0.15, 0.2) is 11.5 Å². The first-order chi connectivity index (χ1) is 12.8. The second-order valence-corrected chi connectivity index (χ2v) is 9.19. The summed E-state index contributed by atoms with van der Waals surface area (Å²) >= 11 is 0. The van der Waals surface area contributed by atoms with Gasteiger partial charge in [0.05, 0.1) is 5.75 Å². The third-order valence-electron chi connectivity index (χ3n) is 4.43. The van der Waals surface area contributed by atoms with Gasteiger partial charge in [-0.15, -0.1) is 0 Å². The summed E-state index contributed by atoms with van der Waals surface area (Å²) in [5.41, 5.74) is 2.10. The van der Waals surface area contributed by atoms with Crippen molar-refractivity contribution in [3.8, 4) is 11.5 Å². The molecule has 0 amide bonds. The first kappa shape index (κ1) is 19.6. The van der Waals surface area contributed by atoms with Crippen molar-refractivity contribution in [1.82, 2.24) is 5.32 Å². The Morgan fingerprint density at radius 2 is 1.93 bits per heavy atom. The molecular formula is C20H24FNO4S. The number of ether oxygens (including phenoxy) is 2. The summed E-state index contributed by atoms with van der Waals surface area (Å²) in [7, 11) is -2.99. The van der Waals surface area contributed by atoms with Crippen molar-refractivity contribution in [3.63, 3.8) is 0 Å². The summed E-state index contributed by atoms with van der Waals surface area (Å²) in [5.74, 6) is 0.751. The molecule has 0 saturated carbocycles. The van der Waals surface area contributed by atoms with Crippen LogP contribution in [-0.2, 0) is 16.4 Å². The molecule has 0 bridgehead atoms. The van der Waals surface area contributed by atoms with Gasteiger partial charge in [-0.1, -0.05) is 31.2 Å². The summed E-state index contributed by atoms with van der Waals surface area (Å²) in [6.07, 6.45) is 1.07. The molecule has 1 heterocycles. The largest absolute Gasteiger partial charge is 0.486 e. The lowest BCUT2D eigenvalue weighted by atomic mass is 10.0. The molecule has 146 valence electrons. The second kappa shape index (κ2) is 8.27. The van der Waals surface area contributed by atoms with Gasteiger partial charge in [-0.3, -0.25) is 0 Å². The van der Waals surface area contributed by atoms with E-state index in [4.69, 9.17) is 9.47 Å². The van der Waals surface area contributed by atoms with Gasteiger partial charge in [0.2, 0.25) is 0 Å². The zero-order valence-corrected chi connectivity index (χ0v) is 16.3. The van der Waals surface area contributed by atoms with Gasteiger partial charge in [-0.25, -0.2) is 12.8 Å². The smallest absolute Gasteiger partial charge is 0.164 e. The van der Waals surface area contributed by atoms with Gasteiger partial charge in [0.1, 0.15) is 28.4 Å². The van der Waals surface area contributed by atoms with Crippen molar-refractivity contribution in [2.45, 2.75) is 25.5 Å². The predicted octanol–water partition coefficient (Wildman–Crippen LogP) is 2.90. The van der Waals surface area contributed by atoms with Crippen LogP contribution in [0.5, 0.6) is 11.5 Å². The minimum Gasteiger partial charge on any atom is -0.486 e. The highest BCUT2D eigenvalue weighted by molar-refractivity contribution is 7.90. The zero-order chi connectivity index (χ0) is 19.4. The van der Waals surface area contributed by atoms with Crippen LogP contribution in [0.2, 0.25) is 0 Å². The summed E-state index contributed by atoms with van der Waals surface area (Å²) < 4.78 is 47.5. The highest BCUT2D eigenvalue weighted by Crippen LogP contribution is 2.31. The Kier molecular flexibility index (Phi) is 6.01. The average molecular weight is 393 g/mol. The minimum atomic E-state index is -2.99. The summed E-state index contributed by atoms with van der Waals surface area (Å²) in [6.45, 7) is 3.54. The number of hydrogen-bond donors (Lipinski definition) is 1. The Morgan fingerprint density at radius 1 is 1.19 bits per heavy atom. The molecule has 27 heavy (non-hydrogen) atoms. The fourth-order valence-electron chi connectivity index (χ4n) is 3.08.